The van der Waals surface area contributed by atoms with Crippen molar-refractivity contribution in [1.82, 2.24) is 0 Å². The number of hydrogen-bond donors (Lipinski definition) is 0. The molecular weight excluding hydrogens is 1180 g/mol. The fourth-order valence-corrected chi connectivity index (χ4v) is 58.5. The highest BCUT2D eigenvalue weighted by molar-refractivity contribution is 7.10. The molecule has 8 aromatic rings. The monoisotopic (exact) mass is 1230 g/mol. The average Bonchev–Trinajstić information content (AvgIpc) is 2.80. The summed E-state index contributed by atoms with van der Waals surface area (Å²) >= 11 is 0. The molecule has 9 atom stereocenters. The summed E-state index contributed by atoms with van der Waals surface area (Å²) in [7, 11) is -44.0. The van der Waals surface area contributed by atoms with Gasteiger partial charge in [-0.05, 0) is 18.3 Å². The standard InChI is InChI=1S/C54H52O14Si11/c1-5-71(3)58-73(48-33-17-8-18-34-48,55-69-47-31-15-7-16-32-47)62-78(53-43-27-13-28-44-53)63-74(49-35-19-9-20-36-49)56-70-57-75(50-37-21-10-22-38-50)64-76(60-71,51-39-23-11-24-40-51)66-79(68-78,54-45-29-14-30-46-54)67-77(65-75,52-41-25-12-26-42-52)61-72(4,6-2)59-74/h5-46H,1-2H2,3-4H3. The van der Waals surface area contributed by atoms with Gasteiger partial charge in [-0.3, -0.25) is 0 Å². The molecule has 14 nitrogen and oxygen atoms in total. The molecule has 25 heteroatoms. The minimum atomic E-state index is -5.18. The number of fused-ring (bicyclic) bond motifs is 6. The average molecular weight is 1230 g/mol. The van der Waals surface area contributed by atoms with E-state index in [1.54, 1.807) is 11.4 Å². The van der Waals surface area contributed by atoms with Crippen LogP contribution in [-0.4, -0.2) is 98.5 Å². The Morgan fingerprint density at radius 2 is 0.570 bits per heavy atom. The van der Waals surface area contributed by atoms with Gasteiger partial charge in [-0.15, -0.1) is 13.2 Å². The van der Waals surface area contributed by atoms with E-state index in [1.165, 1.54) is 0 Å². The number of rotatable bonds is 12. The third kappa shape index (κ3) is 10.5. The van der Waals surface area contributed by atoms with Gasteiger partial charge in [0.05, 0.1) is 0 Å². The fraction of sp³-hybridized carbons (Fsp3) is 0.0370. The van der Waals surface area contributed by atoms with Crippen LogP contribution in [0.1, 0.15) is 0 Å². The summed E-state index contributed by atoms with van der Waals surface area (Å²) in [6.07, 6.45) is 0. The molecule has 0 spiro atoms. The smallest absolute Gasteiger partial charge is 0.408 e. The zero-order valence-electron chi connectivity index (χ0n) is 42.9. The van der Waals surface area contributed by atoms with E-state index in [0.717, 1.165) is 5.19 Å². The van der Waals surface area contributed by atoms with E-state index in [0.29, 0.717) is 36.3 Å². The Kier molecular flexibility index (Phi) is 15.3. The van der Waals surface area contributed by atoms with Crippen LogP contribution in [0.25, 0.3) is 0 Å². The molecule has 396 valence electrons. The SMILES string of the molecule is C=C[Si]1(C)O[Si]2(c3ccccc3)O[Si]O[Si]3(c4ccccc4)O[Si](c4ccccc4)(O1)O[Si]1(c4ccccc4)O[Si](c4ccccc4)(O[Si](C)(C=C)O[Si](O[Si]c4ccccc4)(c4ccccc4)O[Si](c4ccccc4)(O2)O1)O3. The Morgan fingerprint density at radius 3 is 0.924 bits per heavy atom. The van der Waals surface area contributed by atoms with E-state index in [2.05, 4.69) is 13.2 Å². The van der Waals surface area contributed by atoms with Gasteiger partial charge < -0.3 is 57.6 Å². The van der Waals surface area contributed by atoms with Gasteiger partial charge in [-0.1, -0.05) is 254 Å². The summed E-state index contributed by atoms with van der Waals surface area (Å²) in [6, 6.07) is 76.7. The van der Waals surface area contributed by atoms with E-state index >= 15 is 0 Å². The van der Waals surface area contributed by atoms with Crippen molar-refractivity contribution in [3.05, 3.63) is 267 Å². The van der Waals surface area contributed by atoms with Crippen LogP contribution in [0.15, 0.2) is 267 Å². The van der Waals surface area contributed by atoms with Gasteiger partial charge >= 0.3 is 88.8 Å². The lowest BCUT2D eigenvalue weighted by Gasteiger charge is -2.57. The van der Waals surface area contributed by atoms with Crippen LogP contribution in [0, 0.1) is 0 Å². The van der Waals surface area contributed by atoms with Crippen LogP contribution in [0.4, 0.5) is 0 Å². The van der Waals surface area contributed by atoms with Crippen molar-refractivity contribution in [2.24, 2.45) is 0 Å². The predicted octanol–water partition coefficient (Wildman–Crippen LogP) is 4.27. The van der Waals surface area contributed by atoms with Gasteiger partial charge in [0, 0.05) is 36.3 Å². The second-order valence-corrected chi connectivity index (χ2v) is 48.0. The Balaban J connectivity index is 1.31. The van der Waals surface area contributed by atoms with E-state index in [4.69, 9.17) is 57.6 Å². The lowest BCUT2D eigenvalue weighted by molar-refractivity contribution is 0.0580. The van der Waals surface area contributed by atoms with Crippen molar-refractivity contribution in [1.29, 1.82) is 0 Å². The minimum Gasteiger partial charge on any atom is -0.408 e. The summed E-state index contributed by atoms with van der Waals surface area (Å²) < 4.78 is 112. The minimum absolute atomic E-state index is 0.337. The second kappa shape index (κ2) is 22.1. The van der Waals surface area contributed by atoms with E-state index in [-0.39, 0.29) is 9.76 Å². The molecule has 6 bridgehead atoms. The van der Waals surface area contributed by atoms with E-state index in [9.17, 15) is 0 Å². The normalized spacial score (nSPS) is 32.6. The van der Waals surface area contributed by atoms with E-state index in [1.807, 2.05) is 256 Å². The molecule has 0 amide bonds. The quantitative estimate of drug-likeness (QED) is 0.162. The van der Waals surface area contributed by atoms with Crippen molar-refractivity contribution in [2.75, 3.05) is 0 Å². The molecule has 12 rings (SSSR count). The zero-order valence-corrected chi connectivity index (χ0v) is 53.9. The summed E-state index contributed by atoms with van der Waals surface area (Å²) in [6.45, 7) is 12.7. The molecule has 4 heterocycles. The first-order chi connectivity index (χ1) is 38.4. The first-order valence-electron chi connectivity index (χ1n) is 25.4. The molecule has 4 aliphatic rings. The zero-order chi connectivity index (χ0) is 54.1. The summed E-state index contributed by atoms with van der Waals surface area (Å²) in [5, 5.41) is 4.50. The molecule has 4 radical (unpaired) electrons. The Bertz CT molecular complexity index is 3390. The van der Waals surface area contributed by atoms with Crippen LogP contribution in [0.5, 0.6) is 0 Å². The van der Waals surface area contributed by atoms with Crippen LogP contribution < -0.4 is 41.5 Å². The Hall–Kier alpha value is -4.93. The highest BCUT2D eigenvalue weighted by Gasteiger charge is 2.79. The molecule has 79 heavy (non-hydrogen) atoms. The van der Waals surface area contributed by atoms with Crippen molar-refractivity contribution in [3.63, 3.8) is 0 Å². The summed E-state index contributed by atoms with van der Waals surface area (Å²) in [5.41, 5.74) is 3.40. The lowest BCUT2D eigenvalue weighted by Crippen LogP contribution is -2.89. The molecule has 0 N–H and O–H groups in total. The molecule has 0 aromatic heterocycles. The maximum Gasteiger partial charge on any atom is 0.515 e. The van der Waals surface area contributed by atoms with Crippen LogP contribution in [0.3, 0.4) is 0 Å². The van der Waals surface area contributed by atoms with Gasteiger partial charge in [0.15, 0.2) is 0 Å². The summed E-state index contributed by atoms with van der Waals surface area (Å²) in [4.78, 5) is 0. The molecule has 0 aliphatic carbocycles. The van der Waals surface area contributed by atoms with Crippen molar-refractivity contribution in [3.8, 4) is 0 Å². The highest BCUT2D eigenvalue weighted by atomic mass is 28.6. The third-order valence-corrected chi connectivity index (χ3v) is 52.8. The molecule has 4 aliphatic heterocycles. The summed E-state index contributed by atoms with van der Waals surface area (Å²) in [5.74, 6) is 0. The van der Waals surface area contributed by atoms with Gasteiger partial charge in [0.2, 0.25) is 0 Å². The second-order valence-electron chi connectivity index (χ2n) is 18.9. The van der Waals surface area contributed by atoms with Gasteiger partial charge in [-0.2, -0.15) is 0 Å². The van der Waals surface area contributed by atoms with Crippen molar-refractivity contribution >= 4 is 140 Å². The lowest BCUT2D eigenvalue weighted by atomic mass is 10.4. The molecule has 0 saturated carbocycles. The highest BCUT2D eigenvalue weighted by Crippen LogP contribution is 2.43. The van der Waals surface area contributed by atoms with Crippen molar-refractivity contribution in [2.45, 2.75) is 13.1 Å². The van der Waals surface area contributed by atoms with Crippen molar-refractivity contribution < 1.29 is 57.6 Å². The van der Waals surface area contributed by atoms with Gasteiger partial charge in [0.25, 0.3) is 9.76 Å². The van der Waals surface area contributed by atoms with E-state index < -0.39 is 88.8 Å². The molecule has 4 fully saturated rings. The topological polar surface area (TPSA) is 129 Å². The Morgan fingerprint density at radius 1 is 0.316 bits per heavy atom. The van der Waals surface area contributed by atoms with Crippen LogP contribution >= 0.6 is 0 Å². The maximum absolute atomic E-state index is 8.44. The molecule has 4 saturated heterocycles. The molecule has 8 aromatic carbocycles. The largest absolute Gasteiger partial charge is 0.515 e. The fourth-order valence-electron chi connectivity index (χ4n) is 9.45. The molecular formula is C54H52O14Si11. The first kappa shape index (κ1) is 54.6. The predicted molar refractivity (Wildman–Crippen MR) is 319 cm³/mol. The van der Waals surface area contributed by atoms with Gasteiger partial charge in [-0.25, -0.2) is 0 Å². The number of hydrogen-bond acceptors (Lipinski definition) is 14. The van der Waals surface area contributed by atoms with Gasteiger partial charge in [0.1, 0.15) is 0 Å². The maximum atomic E-state index is 8.44. The first-order valence-corrected chi connectivity index (χ1v) is 44.0. The van der Waals surface area contributed by atoms with Crippen LogP contribution in [-0.2, 0) is 57.6 Å². The third-order valence-electron chi connectivity index (χ3n) is 13.3. The molecule has 9 unspecified atom stereocenters. The Labute approximate surface area is 474 Å². The van der Waals surface area contributed by atoms with Crippen LogP contribution in [0.2, 0.25) is 13.1 Å². The number of benzene rings is 8.